The highest BCUT2D eigenvalue weighted by Gasteiger charge is 2.26. The maximum atomic E-state index is 13.4. The number of rotatable bonds is 3. The van der Waals surface area contributed by atoms with Gasteiger partial charge in [-0.25, -0.2) is 4.39 Å². The van der Waals surface area contributed by atoms with Crippen molar-refractivity contribution in [3.05, 3.63) is 29.6 Å². The van der Waals surface area contributed by atoms with Gasteiger partial charge in [-0.2, -0.15) is 0 Å². The second-order valence-electron chi connectivity index (χ2n) is 5.98. The smallest absolute Gasteiger partial charge is 0.129 e. The molecule has 4 heteroatoms. The van der Waals surface area contributed by atoms with Gasteiger partial charge in [0, 0.05) is 5.56 Å². The van der Waals surface area contributed by atoms with Gasteiger partial charge in [0.2, 0.25) is 0 Å². The molecular formula is C16H22FNO2. The summed E-state index contributed by atoms with van der Waals surface area (Å²) in [4.78, 5) is 0. The van der Waals surface area contributed by atoms with Crippen LogP contribution in [0.3, 0.4) is 0 Å². The second-order valence-corrected chi connectivity index (χ2v) is 5.98. The van der Waals surface area contributed by atoms with Crippen LogP contribution >= 0.6 is 0 Å². The maximum Gasteiger partial charge on any atom is 0.129 e. The third-order valence-electron chi connectivity index (χ3n) is 3.91. The summed E-state index contributed by atoms with van der Waals surface area (Å²) in [5.41, 5.74) is 0.870. The minimum Gasteiger partial charge on any atom is -0.490 e. The second kappa shape index (κ2) is 6.25. The molecule has 110 valence electrons. The Morgan fingerprint density at radius 1 is 1.25 bits per heavy atom. The van der Waals surface area contributed by atoms with Crippen LogP contribution in [0.5, 0.6) is 5.75 Å². The fourth-order valence-corrected chi connectivity index (χ4v) is 3.09. The Balaban J connectivity index is 2.20. The molecular weight excluding hydrogens is 257 g/mol. The van der Waals surface area contributed by atoms with Gasteiger partial charge in [-0.1, -0.05) is 19.0 Å². The zero-order valence-corrected chi connectivity index (χ0v) is 12.3. The maximum absolute atomic E-state index is 13.4. The summed E-state index contributed by atoms with van der Waals surface area (Å²) in [6.45, 7) is 6.10. The number of nitrogens with zero attached hydrogens (tertiary/aromatic N) is 1. The van der Waals surface area contributed by atoms with E-state index in [1.165, 1.54) is 18.6 Å². The van der Waals surface area contributed by atoms with Crippen molar-refractivity contribution in [1.29, 1.82) is 0 Å². The lowest BCUT2D eigenvalue weighted by atomic mass is 9.82. The molecule has 0 amide bonds. The molecule has 2 rings (SSSR count). The van der Waals surface area contributed by atoms with Crippen LogP contribution in [-0.2, 0) is 0 Å². The van der Waals surface area contributed by atoms with Crippen LogP contribution in [0.2, 0.25) is 0 Å². The van der Waals surface area contributed by atoms with Crippen molar-refractivity contribution in [2.24, 2.45) is 17.0 Å². The Morgan fingerprint density at radius 2 is 1.90 bits per heavy atom. The number of hydrogen-bond acceptors (Lipinski definition) is 3. The molecule has 1 aromatic carbocycles. The van der Waals surface area contributed by atoms with E-state index >= 15 is 0 Å². The lowest BCUT2D eigenvalue weighted by molar-refractivity contribution is 0.101. The topological polar surface area (TPSA) is 41.8 Å². The van der Waals surface area contributed by atoms with Crippen LogP contribution in [-0.4, -0.2) is 17.0 Å². The minimum atomic E-state index is -0.360. The lowest BCUT2D eigenvalue weighted by Gasteiger charge is -2.32. The van der Waals surface area contributed by atoms with Crippen molar-refractivity contribution in [3.63, 3.8) is 0 Å². The van der Waals surface area contributed by atoms with Gasteiger partial charge < -0.3 is 9.94 Å². The number of ether oxygens (including phenoxy) is 1. The average molecular weight is 279 g/mol. The fourth-order valence-electron chi connectivity index (χ4n) is 3.09. The summed E-state index contributed by atoms with van der Waals surface area (Å²) in [5, 5.41) is 12.1. The first-order valence-corrected chi connectivity index (χ1v) is 7.14. The third kappa shape index (κ3) is 3.50. The van der Waals surface area contributed by atoms with Gasteiger partial charge in [0.05, 0.1) is 11.8 Å². The van der Waals surface area contributed by atoms with Crippen molar-refractivity contribution in [3.8, 4) is 5.75 Å². The zero-order chi connectivity index (χ0) is 14.7. The molecule has 1 N–H and O–H groups in total. The van der Waals surface area contributed by atoms with Gasteiger partial charge in [0.25, 0.3) is 0 Å². The molecule has 1 saturated carbocycles. The molecule has 1 aliphatic rings. The van der Waals surface area contributed by atoms with E-state index in [1.54, 1.807) is 13.0 Å². The van der Waals surface area contributed by atoms with Crippen LogP contribution in [0.15, 0.2) is 23.4 Å². The summed E-state index contributed by atoms with van der Waals surface area (Å²) < 4.78 is 19.4. The molecule has 0 heterocycles. The zero-order valence-electron chi connectivity index (χ0n) is 12.3. The normalized spacial score (nSPS) is 27.4. The van der Waals surface area contributed by atoms with Crippen molar-refractivity contribution < 1.29 is 14.3 Å². The molecule has 1 fully saturated rings. The van der Waals surface area contributed by atoms with Crippen molar-refractivity contribution >= 4 is 5.71 Å². The summed E-state index contributed by atoms with van der Waals surface area (Å²) >= 11 is 0. The minimum absolute atomic E-state index is 0.143. The van der Waals surface area contributed by atoms with Gasteiger partial charge in [-0.05, 0) is 56.2 Å². The summed E-state index contributed by atoms with van der Waals surface area (Å²) in [6.07, 6.45) is 3.39. The van der Waals surface area contributed by atoms with Crippen LogP contribution in [0, 0.1) is 17.7 Å². The molecule has 1 aromatic rings. The molecule has 1 aliphatic carbocycles. The van der Waals surface area contributed by atoms with Crippen LogP contribution in [0.4, 0.5) is 4.39 Å². The van der Waals surface area contributed by atoms with E-state index in [4.69, 9.17) is 9.94 Å². The summed E-state index contributed by atoms with van der Waals surface area (Å²) in [6, 6.07) is 4.34. The molecule has 0 radical (unpaired) electrons. The van der Waals surface area contributed by atoms with Crippen molar-refractivity contribution in [1.82, 2.24) is 0 Å². The van der Waals surface area contributed by atoms with Gasteiger partial charge in [-0.15, -0.1) is 0 Å². The fraction of sp³-hybridized carbons (Fsp3) is 0.562. The number of benzene rings is 1. The van der Waals surface area contributed by atoms with E-state index in [0.717, 1.165) is 12.8 Å². The average Bonchev–Trinajstić information content (AvgIpc) is 2.38. The highest BCUT2D eigenvalue weighted by Crippen LogP contribution is 2.32. The quantitative estimate of drug-likeness (QED) is 0.511. The van der Waals surface area contributed by atoms with Gasteiger partial charge in [0.1, 0.15) is 11.6 Å². The molecule has 3 nitrogen and oxygen atoms in total. The van der Waals surface area contributed by atoms with Gasteiger partial charge >= 0.3 is 0 Å². The summed E-state index contributed by atoms with van der Waals surface area (Å²) in [5.74, 6) is 1.51. The molecule has 20 heavy (non-hydrogen) atoms. The Kier molecular flexibility index (Phi) is 4.63. The van der Waals surface area contributed by atoms with E-state index in [-0.39, 0.29) is 11.9 Å². The van der Waals surface area contributed by atoms with E-state index in [2.05, 4.69) is 19.0 Å². The monoisotopic (exact) mass is 279 g/mol. The first-order valence-electron chi connectivity index (χ1n) is 7.14. The van der Waals surface area contributed by atoms with E-state index < -0.39 is 0 Å². The van der Waals surface area contributed by atoms with Gasteiger partial charge in [-0.3, -0.25) is 0 Å². The molecule has 0 bridgehead atoms. The van der Waals surface area contributed by atoms with Crippen molar-refractivity contribution in [2.45, 2.75) is 46.1 Å². The van der Waals surface area contributed by atoms with E-state index in [0.29, 0.717) is 28.9 Å². The van der Waals surface area contributed by atoms with Gasteiger partial charge in [0.15, 0.2) is 0 Å². The largest absolute Gasteiger partial charge is 0.490 e. The number of oxime groups is 1. The first-order chi connectivity index (χ1) is 9.49. The Bertz CT molecular complexity index is 491. The first kappa shape index (κ1) is 14.8. The standard InChI is InChI=1S/C16H22FNO2/c1-10-6-11(2)8-14(7-10)20-16-5-4-13(17)9-15(16)12(3)18-19/h4-5,9-11,14,19H,6-8H2,1-3H3/b18-12+. The molecule has 0 spiro atoms. The SMILES string of the molecule is C/C(=N\O)c1cc(F)ccc1OC1CC(C)CC(C)C1. The van der Waals surface area contributed by atoms with Crippen LogP contribution < -0.4 is 4.74 Å². The Morgan fingerprint density at radius 3 is 2.50 bits per heavy atom. The molecule has 0 aliphatic heterocycles. The number of hydrogen-bond donors (Lipinski definition) is 1. The lowest BCUT2D eigenvalue weighted by Crippen LogP contribution is -2.29. The van der Waals surface area contributed by atoms with E-state index in [1.807, 2.05) is 0 Å². The third-order valence-corrected chi connectivity index (χ3v) is 3.91. The predicted octanol–water partition coefficient (Wildman–Crippen LogP) is 4.23. The highest BCUT2D eigenvalue weighted by atomic mass is 19.1. The van der Waals surface area contributed by atoms with Crippen LogP contribution in [0.1, 0.15) is 45.6 Å². The van der Waals surface area contributed by atoms with Crippen molar-refractivity contribution in [2.75, 3.05) is 0 Å². The highest BCUT2D eigenvalue weighted by molar-refractivity contribution is 6.00. The van der Waals surface area contributed by atoms with E-state index in [9.17, 15) is 4.39 Å². The Labute approximate surface area is 119 Å². The molecule has 0 aromatic heterocycles. The summed E-state index contributed by atoms with van der Waals surface area (Å²) in [7, 11) is 0. The predicted molar refractivity (Wildman–Crippen MR) is 77.0 cm³/mol. The Hall–Kier alpha value is -1.58. The van der Waals surface area contributed by atoms with Crippen LogP contribution in [0.25, 0.3) is 0 Å². The molecule has 2 atom stereocenters. The molecule has 0 saturated heterocycles. The number of halogens is 1. The molecule has 2 unspecified atom stereocenters.